The molecule has 1 N–H and O–H groups in total. The molecule has 6 nitrogen and oxygen atoms in total. The van der Waals surface area contributed by atoms with Crippen LogP contribution in [0.3, 0.4) is 0 Å². The molecule has 3 rings (SSSR count). The van der Waals surface area contributed by atoms with Crippen LogP contribution in [0.2, 0.25) is 5.02 Å². The van der Waals surface area contributed by atoms with Crippen LogP contribution < -0.4 is 0 Å². The van der Waals surface area contributed by atoms with E-state index in [2.05, 4.69) is 10.3 Å². The molecule has 1 fully saturated rings. The highest BCUT2D eigenvalue weighted by Crippen LogP contribution is 2.32. The van der Waals surface area contributed by atoms with E-state index >= 15 is 0 Å². The highest BCUT2D eigenvalue weighted by Gasteiger charge is 2.42. The Labute approximate surface area is 146 Å². The van der Waals surface area contributed by atoms with E-state index < -0.39 is 5.60 Å². The standard InChI is InChI=1S/C17H21ClN4O2/c1-11(2)22-9-15(19-20-22)17(24)7-8-21(10-17)16(23)13-5-4-6-14(18)12(13)3/h4-6,9,11,24H,7-8,10H2,1-3H3. The molecular weight excluding hydrogens is 328 g/mol. The van der Waals surface area contributed by atoms with Crippen LogP contribution in [0.4, 0.5) is 0 Å². The number of hydrogen-bond acceptors (Lipinski definition) is 4. The van der Waals surface area contributed by atoms with Crippen molar-refractivity contribution in [3.8, 4) is 0 Å². The number of hydrogen-bond donors (Lipinski definition) is 1. The van der Waals surface area contributed by atoms with Crippen LogP contribution in [0, 0.1) is 6.92 Å². The van der Waals surface area contributed by atoms with Crippen LogP contribution in [-0.2, 0) is 5.60 Å². The summed E-state index contributed by atoms with van der Waals surface area (Å²) in [5, 5.41) is 19.6. The van der Waals surface area contributed by atoms with E-state index in [4.69, 9.17) is 11.6 Å². The van der Waals surface area contributed by atoms with Crippen LogP contribution in [0.1, 0.15) is 47.9 Å². The molecule has 2 heterocycles. The quantitative estimate of drug-likeness (QED) is 0.925. The van der Waals surface area contributed by atoms with Gasteiger partial charge in [-0.25, -0.2) is 4.68 Å². The Morgan fingerprint density at radius 3 is 2.83 bits per heavy atom. The van der Waals surface area contributed by atoms with Crippen molar-refractivity contribution < 1.29 is 9.90 Å². The van der Waals surface area contributed by atoms with Gasteiger partial charge in [-0.3, -0.25) is 4.79 Å². The first-order valence-electron chi connectivity index (χ1n) is 8.01. The van der Waals surface area contributed by atoms with E-state index in [-0.39, 0.29) is 18.5 Å². The molecule has 24 heavy (non-hydrogen) atoms. The topological polar surface area (TPSA) is 71.2 Å². The second-order valence-electron chi connectivity index (χ2n) is 6.60. The zero-order valence-electron chi connectivity index (χ0n) is 14.0. The summed E-state index contributed by atoms with van der Waals surface area (Å²) in [5.74, 6) is -0.123. The minimum atomic E-state index is -1.16. The third kappa shape index (κ3) is 2.91. The van der Waals surface area contributed by atoms with Gasteiger partial charge in [-0.1, -0.05) is 22.9 Å². The Bertz CT molecular complexity index is 774. The van der Waals surface area contributed by atoms with E-state index in [0.717, 1.165) is 5.56 Å². The highest BCUT2D eigenvalue weighted by molar-refractivity contribution is 6.31. The fraction of sp³-hybridized carbons (Fsp3) is 0.471. The molecule has 1 saturated heterocycles. The van der Waals surface area contributed by atoms with Crippen molar-refractivity contribution in [3.05, 3.63) is 46.2 Å². The average Bonchev–Trinajstić information content (AvgIpc) is 3.17. The molecule has 0 saturated carbocycles. The minimum absolute atomic E-state index is 0.123. The van der Waals surface area contributed by atoms with Crippen LogP contribution >= 0.6 is 11.6 Å². The third-order valence-electron chi connectivity index (χ3n) is 4.55. The fourth-order valence-electron chi connectivity index (χ4n) is 2.93. The van der Waals surface area contributed by atoms with E-state index in [1.165, 1.54) is 0 Å². The molecule has 1 unspecified atom stereocenters. The first-order chi connectivity index (χ1) is 11.3. The zero-order chi connectivity index (χ0) is 17.5. The average molecular weight is 349 g/mol. The lowest BCUT2D eigenvalue weighted by Crippen LogP contribution is -2.35. The number of β-amino-alcohol motifs (C(OH)–C–C–N with tert-alkyl or cyclic N) is 1. The zero-order valence-corrected chi connectivity index (χ0v) is 14.8. The second kappa shape index (κ2) is 6.18. The monoisotopic (exact) mass is 348 g/mol. The molecule has 0 aliphatic carbocycles. The number of aromatic nitrogens is 3. The van der Waals surface area contributed by atoms with Gasteiger partial charge in [0.15, 0.2) is 0 Å². The number of benzene rings is 1. The molecular formula is C17H21ClN4O2. The van der Waals surface area contributed by atoms with Gasteiger partial charge in [0.1, 0.15) is 11.3 Å². The minimum Gasteiger partial charge on any atom is -0.381 e. The number of likely N-dealkylation sites (tertiary alicyclic amines) is 1. The summed E-state index contributed by atoms with van der Waals surface area (Å²) >= 11 is 6.11. The number of amides is 1. The van der Waals surface area contributed by atoms with Crippen LogP contribution in [-0.4, -0.2) is 44.0 Å². The maximum absolute atomic E-state index is 12.8. The smallest absolute Gasteiger partial charge is 0.254 e. The number of nitrogens with zero attached hydrogens (tertiary/aromatic N) is 4. The van der Waals surface area contributed by atoms with Crippen molar-refractivity contribution in [2.75, 3.05) is 13.1 Å². The molecule has 1 aliphatic rings. The predicted octanol–water partition coefficient (Wildman–Crippen LogP) is 2.55. The highest BCUT2D eigenvalue weighted by atomic mass is 35.5. The summed E-state index contributed by atoms with van der Waals surface area (Å²) in [5.41, 5.74) is 0.673. The van der Waals surface area contributed by atoms with Crippen LogP contribution in [0.15, 0.2) is 24.4 Å². The Hall–Kier alpha value is -1.92. The molecule has 2 aromatic rings. The van der Waals surface area contributed by atoms with Gasteiger partial charge < -0.3 is 10.0 Å². The number of halogens is 1. The third-order valence-corrected chi connectivity index (χ3v) is 4.96. The molecule has 0 radical (unpaired) electrons. The molecule has 0 bridgehead atoms. The van der Waals surface area contributed by atoms with Gasteiger partial charge in [-0.15, -0.1) is 5.10 Å². The first-order valence-corrected chi connectivity index (χ1v) is 8.39. The van der Waals surface area contributed by atoms with E-state index in [0.29, 0.717) is 29.2 Å². The molecule has 0 spiro atoms. The molecule has 7 heteroatoms. The fourth-order valence-corrected chi connectivity index (χ4v) is 3.10. The summed E-state index contributed by atoms with van der Waals surface area (Å²) in [6.45, 7) is 6.49. The lowest BCUT2D eigenvalue weighted by molar-refractivity contribution is 0.0381. The summed E-state index contributed by atoms with van der Waals surface area (Å²) in [6, 6.07) is 5.45. The summed E-state index contributed by atoms with van der Waals surface area (Å²) in [4.78, 5) is 14.4. The molecule has 1 aromatic heterocycles. The van der Waals surface area contributed by atoms with Crippen LogP contribution in [0.5, 0.6) is 0 Å². The Morgan fingerprint density at radius 2 is 2.17 bits per heavy atom. The van der Waals surface area contributed by atoms with Crippen LogP contribution in [0.25, 0.3) is 0 Å². The van der Waals surface area contributed by atoms with Gasteiger partial charge in [0.25, 0.3) is 5.91 Å². The SMILES string of the molecule is Cc1c(Cl)cccc1C(=O)N1CCC(O)(c2cn(C(C)C)nn2)C1. The van der Waals surface area contributed by atoms with Gasteiger partial charge in [0.2, 0.25) is 0 Å². The largest absolute Gasteiger partial charge is 0.381 e. The summed E-state index contributed by atoms with van der Waals surface area (Å²) in [6.07, 6.45) is 2.19. The van der Waals surface area contributed by atoms with E-state index in [9.17, 15) is 9.90 Å². The lowest BCUT2D eigenvalue weighted by Gasteiger charge is -2.22. The van der Waals surface area contributed by atoms with Crippen molar-refractivity contribution in [2.45, 2.75) is 38.8 Å². The maximum Gasteiger partial charge on any atom is 0.254 e. The lowest BCUT2D eigenvalue weighted by atomic mass is 10.00. The number of carbonyl (C=O) groups is 1. The van der Waals surface area contributed by atoms with Crippen molar-refractivity contribution in [3.63, 3.8) is 0 Å². The van der Waals surface area contributed by atoms with Crippen molar-refractivity contribution >= 4 is 17.5 Å². The van der Waals surface area contributed by atoms with E-state index in [1.54, 1.807) is 34.0 Å². The number of rotatable bonds is 3. The van der Waals surface area contributed by atoms with Gasteiger partial charge in [-0.2, -0.15) is 0 Å². The van der Waals surface area contributed by atoms with Crippen molar-refractivity contribution in [2.24, 2.45) is 0 Å². The molecule has 1 atom stereocenters. The second-order valence-corrected chi connectivity index (χ2v) is 7.01. The Kier molecular flexibility index (Phi) is 4.36. The molecule has 1 aromatic carbocycles. The number of aliphatic hydroxyl groups is 1. The van der Waals surface area contributed by atoms with Gasteiger partial charge in [0, 0.05) is 29.6 Å². The molecule has 1 aliphatic heterocycles. The molecule has 1 amide bonds. The maximum atomic E-state index is 12.8. The van der Waals surface area contributed by atoms with Gasteiger partial charge in [-0.05, 0) is 38.5 Å². The first kappa shape index (κ1) is 16.9. The predicted molar refractivity (Wildman–Crippen MR) is 91.0 cm³/mol. The van der Waals surface area contributed by atoms with Gasteiger partial charge in [0.05, 0.1) is 12.7 Å². The van der Waals surface area contributed by atoms with Gasteiger partial charge >= 0.3 is 0 Å². The molecule has 128 valence electrons. The summed E-state index contributed by atoms with van der Waals surface area (Å²) in [7, 11) is 0. The number of carbonyl (C=O) groups excluding carboxylic acids is 1. The van der Waals surface area contributed by atoms with Crippen molar-refractivity contribution in [1.82, 2.24) is 19.9 Å². The normalized spacial score (nSPS) is 20.8. The van der Waals surface area contributed by atoms with Crippen molar-refractivity contribution in [1.29, 1.82) is 0 Å². The van der Waals surface area contributed by atoms with E-state index in [1.807, 2.05) is 20.8 Å². The Balaban J connectivity index is 1.81. The summed E-state index contributed by atoms with van der Waals surface area (Å²) < 4.78 is 1.71. The Morgan fingerprint density at radius 1 is 1.42 bits per heavy atom.